The van der Waals surface area contributed by atoms with Gasteiger partial charge in [-0.3, -0.25) is 9.59 Å². The number of ether oxygens (including phenoxy) is 2. The maximum atomic E-state index is 13.6. The molecule has 2 saturated heterocycles. The lowest BCUT2D eigenvalue weighted by atomic mass is 9.93. The van der Waals surface area contributed by atoms with Gasteiger partial charge in [0.25, 0.3) is 5.91 Å². The molecule has 0 bridgehead atoms. The number of carbonyl (C=O) groups is 3. The fourth-order valence-corrected chi connectivity index (χ4v) is 6.36. The first-order chi connectivity index (χ1) is 22.2. The minimum absolute atomic E-state index is 0.0227. The van der Waals surface area contributed by atoms with Crippen LogP contribution < -0.4 is 10.6 Å². The summed E-state index contributed by atoms with van der Waals surface area (Å²) in [5.41, 5.74) is 1.43. The Bertz CT molecular complexity index is 1590. The summed E-state index contributed by atoms with van der Waals surface area (Å²) >= 11 is 1.28. The molecule has 0 saturated carbocycles. The van der Waals surface area contributed by atoms with Gasteiger partial charge in [0.05, 0.1) is 36.4 Å². The van der Waals surface area contributed by atoms with E-state index in [1.54, 1.807) is 45.0 Å². The number of piperidine rings is 1. The van der Waals surface area contributed by atoms with Crippen molar-refractivity contribution < 1.29 is 37.0 Å². The quantitative estimate of drug-likeness (QED) is 0.276. The highest BCUT2D eigenvalue weighted by molar-refractivity contribution is 7.11. The van der Waals surface area contributed by atoms with Crippen LogP contribution >= 0.6 is 11.3 Å². The molecule has 2 aliphatic heterocycles. The Balaban J connectivity index is 1.21. The zero-order chi connectivity index (χ0) is 33.9. The third kappa shape index (κ3) is 8.69. The van der Waals surface area contributed by atoms with Gasteiger partial charge in [-0.1, -0.05) is 30.3 Å². The molecular formula is C34H39F3N4O5S. The van der Waals surface area contributed by atoms with Gasteiger partial charge in [-0.15, -0.1) is 11.3 Å². The molecule has 1 aromatic heterocycles. The van der Waals surface area contributed by atoms with Crippen LogP contribution in [0.1, 0.15) is 84.7 Å². The molecule has 0 radical (unpaired) electrons. The monoisotopic (exact) mass is 672 g/mol. The second-order valence-electron chi connectivity index (χ2n) is 13.0. The molecule has 2 aliphatic rings. The Morgan fingerprint density at radius 1 is 1.06 bits per heavy atom. The van der Waals surface area contributed by atoms with E-state index >= 15 is 0 Å². The standard InChI is InChI=1S/C34H39F3N4O5S/c1-20(39-29(42)30-40-28(19-47-30)23-11-13-41(14-12-23)31(43)25-17-45-18-25)21-5-7-22(8-6-21)27-15-26(34(35,36)37)10-9-24(27)16-38-32(44)46-33(2,3)4/h5-10,15,19-20,23,25H,11-14,16-18H2,1-4H3,(H,38,44)(H,39,42)/t20-/m1/s1. The zero-order valence-corrected chi connectivity index (χ0v) is 27.6. The van der Waals surface area contributed by atoms with E-state index in [0.717, 1.165) is 36.2 Å². The zero-order valence-electron chi connectivity index (χ0n) is 26.8. The van der Waals surface area contributed by atoms with Crippen LogP contribution in [0, 0.1) is 5.92 Å². The van der Waals surface area contributed by atoms with Crippen LogP contribution in [0.4, 0.5) is 18.0 Å². The minimum Gasteiger partial charge on any atom is -0.444 e. The summed E-state index contributed by atoms with van der Waals surface area (Å²) in [5.74, 6) is -0.00522. The highest BCUT2D eigenvalue weighted by Crippen LogP contribution is 2.35. The number of nitrogens with one attached hydrogen (secondary N) is 2. The first-order valence-electron chi connectivity index (χ1n) is 15.6. The number of likely N-dealkylation sites (tertiary alicyclic amines) is 1. The number of alkyl carbamates (subject to hydrolysis) is 1. The van der Waals surface area contributed by atoms with Gasteiger partial charge in [0, 0.05) is 30.9 Å². The van der Waals surface area contributed by atoms with Gasteiger partial charge in [-0.25, -0.2) is 9.78 Å². The largest absolute Gasteiger partial charge is 0.444 e. The number of hydrogen-bond donors (Lipinski definition) is 2. The van der Waals surface area contributed by atoms with E-state index in [2.05, 4.69) is 15.6 Å². The van der Waals surface area contributed by atoms with E-state index in [-0.39, 0.29) is 30.2 Å². The fourth-order valence-electron chi connectivity index (χ4n) is 5.56. The van der Waals surface area contributed by atoms with E-state index in [4.69, 9.17) is 9.47 Å². The molecule has 0 aliphatic carbocycles. The predicted molar refractivity (Wildman–Crippen MR) is 171 cm³/mol. The number of benzene rings is 2. The molecule has 2 fully saturated rings. The number of alkyl halides is 3. The average Bonchev–Trinajstić information content (AvgIpc) is 3.49. The Kier molecular flexibility index (Phi) is 10.3. The van der Waals surface area contributed by atoms with Crippen LogP contribution in [0.2, 0.25) is 0 Å². The number of carbonyl (C=O) groups excluding carboxylic acids is 3. The highest BCUT2D eigenvalue weighted by Gasteiger charge is 2.34. The van der Waals surface area contributed by atoms with Crippen molar-refractivity contribution in [2.45, 2.75) is 70.8 Å². The molecule has 3 amide bonds. The smallest absolute Gasteiger partial charge is 0.416 e. The number of rotatable bonds is 8. The van der Waals surface area contributed by atoms with Gasteiger partial charge < -0.3 is 25.0 Å². The van der Waals surface area contributed by atoms with Crippen LogP contribution in [-0.4, -0.2) is 59.7 Å². The van der Waals surface area contributed by atoms with Crippen molar-refractivity contribution >= 4 is 29.2 Å². The number of thiazole rings is 1. The minimum atomic E-state index is -4.54. The SMILES string of the molecule is C[C@@H](NC(=O)c1nc(C2CCN(C(=O)C3COC3)CC2)cs1)c1ccc(-c2cc(C(F)(F)F)ccc2CNC(=O)OC(C)(C)C)cc1. The molecule has 2 aromatic carbocycles. The first kappa shape index (κ1) is 34.4. The third-order valence-corrected chi connectivity index (χ3v) is 9.12. The van der Waals surface area contributed by atoms with Crippen molar-refractivity contribution in [2.75, 3.05) is 26.3 Å². The molecule has 3 heterocycles. The molecule has 2 N–H and O–H groups in total. The summed E-state index contributed by atoms with van der Waals surface area (Å²) in [4.78, 5) is 44.3. The molecule has 1 atom stereocenters. The van der Waals surface area contributed by atoms with Gasteiger partial charge in [0.2, 0.25) is 5.91 Å². The molecule has 3 aromatic rings. The van der Waals surface area contributed by atoms with E-state index in [1.807, 2.05) is 17.2 Å². The third-order valence-electron chi connectivity index (χ3n) is 8.26. The molecule has 5 rings (SSSR count). The topological polar surface area (TPSA) is 110 Å². The summed E-state index contributed by atoms with van der Waals surface area (Å²) in [6.07, 6.45) is -3.63. The Morgan fingerprint density at radius 3 is 2.34 bits per heavy atom. The van der Waals surface area contributed by atoms with E-state index in [9.17, 15) is 27.6 Å². The van der Waals surface area contributed by atoms with E-state index in [0.29, 0.717) is 48.0 Å². The fraction of sp³-hybridized carbons (Fsp3) is 0.471. The summed E-state index contributed by atoms with van der Waals surface area (Å²) < 4.78 is 51.2. The Hall–Kier alpha value is -3.97. The second-order valence-corrected chi connectivity index (χ2v) is 13.8. The van der Waals surface area contributed by atoms with Crippen LogP contribution in [0.25, 0.3) is 11.1 Å². The number of aromatic nitrogens is 1. The van der Waals surface area contributed by atoms with Crippen LogP contribution in [0.3, 0.4) is 0 Å². The van der Waals surface area contributed by atoms with Crippen molar-refractivity contribution in [3.05, 3.63) is 75.2 Å². The number of halogens is 3. The molecule has 0 unspecified atom stereocenters. The molecule has 252 valence electrons. The van der Waals surface area contributed by atoms with Crippen molar-refractivity contribution in [1.29, 1.82) is 0 Å². The first-order valence-corrected chi connectivity index (χ1v) is 16.5. The van der Waals surface area contributed by atoms with Crippen molar-refractivity contribution in [3.8, 4) is 11.1 Å². The van der Waals surface area contributed by atoms with Crippen molar-refractivity contribution in [1.82, 2.24) is 20.5 Å². The lowest BCUT2D eigenvalue weighted by Crippen LogP contribution is -2.47. The second kappa shape index (κ2) is 14.0. The van der Waals surface area contributed by atoms with E-state index in [1.165, 1.54) is 17.4 Å². The normalized spacial score (nSPS) is 16.7. The number of nitrogens with zero attached hydrogens (tertiary/aromatic N) is 2. The highest BCUT2D eigenvalue weighted by atomic mass is 32.1. The van der Waals surface area contributed by atoms with Crippen LogP contribution in [-0.2, 0) is 27.0 Å². The average molecular weight is 673 g/mol. The van der Waals surface area contributed by atoms with Crippen molar-refractivity contribution in [3.63, 3.8) is 0 Å². The predicted octanol–water partition coefficient (Wildman–Crippen LogP) is 6.70. The van der Waals surface area contributed by atoms with Gasteiger partial charge in [0.15, 0.2) is 5.01 Å². The van der Waals surface area contributed by atoms with Gasteiger partial charge in [-0.2, -0.15) is 13.2 Å². The van der Waals surface area contributed by atoms with Crippen LogP contribution in [0.15, 0.2) is 47.8 Å². The Morgan fingerprint density at radius 2 is 1.74 bits per heavy atom. The summed E-state index contributed by atoms with van der Waals surface area (Å²) in [6.45, 7) is 9.27. The molecule has 9 nitrogen and oxygen atoms in total. The molecular weight excluding hydrogens is 633 g/mol. The van der Waals surface area contributed by atoms with E-state index < -0.39 is 29.5 Å². The van der Waals surface area contributed by atoms with Gasteiger partial charge in [-0.05, 0) is 74.9 Å². The summed E-state index contributed by atoms with van der Waals surface area (Å²) in [5, 5.41) is 7.82. The summed E-state index contributed by atoms with van der Waals surface area (Å²) in [7, 11) is 0. The maximum Gasteiger partial charge on any atom is 0.416 e. The van der Waals surface area contributed by atoms with Crippen LogP contribution in [0.5, 0.6) is 0 Å². The molecule has 13 heteroatoms. The molecule has 0 spiro atoms. The summed E-state index contributed by atoms with van der Waals surface area (Å²) in [6, 6.07) is 9.90. The Labute approximate surface area is 275 Å². The number of hydrogen-bond acceptors (Lipinski definition) is 7. The van der Waals surface area contributed by atoms with Gasteiger partial charge in [0.1, 0.15) is 5.60 Å². The van der Waals surface area contributed by atoms with Gasteiger partial charge >= 0.3 is 12.3 Å². The van der Waals surface area contributed by atoms with Crippen molar-refractivity contribution in [2.24, 2.45) is 5.92 Å². The number of amides is 3. The lowest BCUT2D eigenvalue weighted by Gasteiger charge is -2.36. The lowest BCUT2D eigenvalue weighted by molar-refractivity contribution is -0.151. The molecule has 47 heavy (non-hydrogen) atoms. The maximum absolute atomic E-state index is 13.6.